The van der Waals surface area contributed by atoms with Crippen LogP contribution in [0.3, 0.4) is 0 Å². The molecule has 0 bridgehead atoms. The molecule has 0 saturated heterocycles. The summed E-state index contributed by atoms with van der Waals surface area (Å²) in [6.45, 7) is 4.70. The van der Waals surface area contributed by atoms with E-state index in [-0.39, 0.29) is 10.6 Å². The highest BCUT2D eigenvalue weighted by molar-refractivity contribution is 5.42. The van der Waals surface area contributed by atoms with Crippen LogP contribution in [-0.2, 0) is 6.54 Å². The van der Waals surface area contributed by atoms with Gasteiger partial charge in [-0.2, -0.15) is 0 Å². The predicted molar refractivity (Wildman–Crippen MR) is 76.1 cm³/mol. The molecule has 1 fully saturated rings. The summed E-state index contributed by atoms with van der Waals surface area (Å²) in [4.78, 5) is 10.6. The molecule has 4 heteroatoms. The van der Waals surface area contributed by atoms with E-state index in [1.165, 1.54) is 25.7 Å². The van der Waals surface area contributed by atoms with Crippen molar-refractivity contribution in [2.24, 2.45) is 5.92 Å². The van der Waals surface area contributed by atoms with Gasteiger partial charge in [0.1, 0.15) is 0 Å². The van der Waals surface area contributed by atoms with Gasteiger partial charge in [0.05, 0.1) is 4.92 Å². The van der Waals surface area contributed by atoms with E-state index in [9.17, 15) is 10.1 Å². The number of hydrogen-bond acceptors (Lipinski definition) is 3. The highest BCUT2D eigenvalue weighted by atomic mass is 16.6. The van der Waals surface area contributed by atoms with Crippen LogP contribution in [-0.4, -0.2) is 11.0 Å². The molecule has 104 valence electrons. The van der Waals surface area contributed by atoms with Crippen molar-refractivity contribution >= 4 is 5.69 Å². The van der Waals surface area contributed by atoms with Crippen LogP contribution in [0.2, 0.25) is 0 Å². The quantitative estimate of drug-likeness (QED) is 0.652. The second-order valence-corrected chi connectivity index (χ2v) is 5.59. The Morgan fingerprint density at radius 1 is 1.42 bits per heavy atom. The molecule has 1 aromatic carbocycles. The van der Waals surface area contributed by atoms with E-state index in [0.717, 1.165) is 17.0 Å². The maximum atomic E-state index is 10.9. The van der Waals surface area contributed by atoms with E-state index >= 15 is 0 Å². The number of hydrogen-bond donors (Lipinski definition) is 1. The summed E-state index contributed by atoms with van der Waals surface area (Å²) in [5.41, 5.74) is 1.92. The number of aryl methyl sites for hydroxylation is 1. The fourth-order valence-corrected chi connectivity index (χ4v) is 2.86. The minimum atomic E-state index is -0.306. The lowest BCUT2D eigenvalue weighted by Gasteiger charge is -2.20. The van der Waals surface area contributed by atoms with E-state index in [0.29, 0.717) is 12.6 Å². The van der Waals surface area contributed by atoms with Gasteiger partial charge >= 0.3 is 0 Å². The van der Waals surface area contributed by atoms with Crippen molar-refractivity contribution in [2.45, 2.75) is 52.1 Å². The Morgan fingerprint density at radius 2 is 2.11 bits per heavy atom. The lowest BCUT2D eigenvalue weighted by Crippen LogP contribution is -2.31. The summed E-state index contributed by atoms with van der Waals surface area (Å²) in [6, 6.07) is 5.97. The van der Waals surface area contributed by atoms with E-state index in [1.807, 2.05) is 12.1 Å². The van der Waals surface area contributed by atoms with Crippen LogP contribution in [0.5, 0.6) is 0 Å². The zero-order valence-electron chi connectivity index (χ0n) is 11.7. The summed E-state index contributed by atoms with van der Waals surface area (Å²) >= 11 is 0. The Kier molecular flexibility index (Phi) is 4.53. The molecule has 1 N–H and O–H groups in total. The van der Waals surface area contributed by atoms with E-state index in [2.05, 4.69) is 12.2 Å². The third-order valence-corrected chi connectivity index (χ3v) is 4.21. The molecule has 1 aromatic rings. The van der Waals surface area contributed by atoms with E-state index in [1.54, 1.807) is 13.0 Å². The average molecular weight is 262 g/mol. The Morgan fingerprint density at radius 3 is 2.74 bits per heavy atom. The van der Waals surface area contributed by atoms with Gasteiger partial charge in [-0.05, 0) is 38.2 Å². The van der Waals surface area contributed by atoms with Gasteiger partial charge in [0.2, 0.25) is 0 Å². The molecule has 2 rings (SSSR count). The first-order valence-electron chi connectivity index (χ1n) is 7.05. The van der Waals surface area contributed by atoms with Gasteiger partial charge in [-0.25, -0.2) is 0 Å². The van der Waals surface area contributed by atoms with E-state index < -0.39 is 0 Å². The molecule has 19 heavy (non-hydrogen) atoms. The van der Waals surface area contributed by atoms with Crippen LogP contribution < -0.4 is 5.32 Å². The predicted octanol–water partition coefficient (Wildman–Crippen LogP) is 3.57. The molecule has 0 radical (unpaired) electrons. The second-order valence-electron chi connectivity index (χ2n) is 5.59. The molecule has 0 aromatic heterocycles. The van der Waals surface area contributed by atoms with Gasteiger partial charge in [0.15, 0.2) is 0 Å². The lowest BCUT2D eigenvalue weighted by atomic mass is 9.99. The Labute approximate surface area is 114 Å². The lowest BCUT2D eigenvalue weighted by molar-refractivity contribution is -0.385. The van der Waals surface area contributed by atoms with Gasteiger partial charge < -0.3 is 5.32 Å². The third kappa shape index (κ3) is 3.53. The number of benzene rings is 1. The summed E-state index contributed by atoms with van der Waals surface area (Å²) in [5.74, 6) is 0.764. The molecule has 0 heterocycles. The Bertz CT molecular complexity index is 453. The van der Waals surface area contributed by atoms with Crippen molar-refractivity contribution in [1.82, 2.24) is 5.32 Å². The zero-order chi connectivity index (χ0) is 13.8. The van der Waals surface area contributed by atoms with Crippen LogP contribution in [0.4, 0.5) is 5.69 Å². The molecule has 0 aliphatic heterocycles. The number of nitro groups is 1. The summed E-state index contributed by atoms with van der Waals surface area (Å²) in [5, 5.41) is 14.4. The third-order valence-electron chi connectivity index (χ3n) is 4.21. The first-order valence-corrected chi connectivity index (χ1v) is 7.05. The molecule has 0 amide bonds. The normalized spacial score (nSPS) is 17.6. The van der Waals surface area contributed by atoms with Crippen LogP contribution in [0, 0.1) is 23.0 Å². The van der Waals surface area contributed by atoms with Crippen molar-refractivity contribution in [3.8, 4) is 0 Å². The number of rotatable bonds is 5. The van der Waals surface area contributed by atoms with Crippen LogP contribution in [0.25, 0.3) is 0 Å². The molecule has 1 aliphatic rings. The van der Waals surface area contributed by atoms with Crippen molar-refractivity contribution < 1.29 is 4.92 Å². The highest BCUT2D eigenvalue weighted by Gasteiger charge is 2.21. The van der Waals surface area contributed by atoms with Gasteiger partial charge in [-0.3, -0.25) is 10.1 Å². The molecule has 4 nitrogen and oxygen atoms in total. The highest BCUT2D eigenvalue weighted by Crippen LogP contribution is 2.27. The van der Waals surface area contributed by atoms with Gasteiger partial charge in [-0.1, -0.05) is 25.0 Å². The molecule has 0 spiro atoms. The zero-order valence-corrected chi connectivity index (χ0v) is 11.7. The maximum Gasteiger partial charge on any atom is 0.272 e. The molecular formula is C15H22N2O2. The first-order chi connectivity index (χ1) is 9.08. The van der Waals surface area contributed by atoms with Crippen molar-refractivity contribution in [2.75, 3.05) is 0 Å². The SMILES string of the molecule is Cc1ccc(CN[C@@H](C)C2CCCC2)cc1[N+](=O)[O-]. The molecule has 1 saturated carbocycles. The summed E-state index contributed by atoms with van der Waals surface area (Å²) in [6.07, 6.45) is 5.30. The van der Waals surface area contributed by atoms with Crippen LogP contribution in [0.1, 0.15) is 43.7 Å². The Balaban J connectivity index is 1.95. The minimum absolute atomic E-state index is 0.216. The second kappa shape index (κ2) is 6.15. The largest absolute Gasteiger partial charge is 0.310 e. The average Bonchev–Trinajstić information content (AvgIpc) is 2.91. The fraction of sp³-hybridized carbons (Fsp3) is 0.600. The van der Waals surface area contributed by atoms with E-state index in [4.69, 9.17) is 0 Å². The minimum Gasteiger partial charge on any atom is -0.310 e. The Hall–Kier alpha value is -1.42. The molecule has 0 unspecified atom stereocenters. The first kappa shape index (κ1) is 14.0. The smallest absolute Gasteiger partial charge is 0.272 e. The van der Waals surface area contributed by atoms with Crippen molar-refractivity contribution in [3.63, 3.8) is 0 Å². The standard InChI is InChI=1S/C15H22N2O2/c1-11-7-8-13(9-15(11)17(18)19)10-16-12(2)14-5-3-4-6-14/h7-9,12,14,16H,3-6,10H2,1-2H3/t12-/m0/s1. The number of nitro benzene ring substituents is 1. The van der Waals surface area contributed by atoms with Crippen LogP contribution >= 0.6 is 0 Å². The number of nitrogens with zero attached hydrogens (tertiary/aromatic N) is 1. The molecule has 1 atom stereocenters. The summed E-state index contributed by atoms with van der Waals surface area (Å²) < 4.78 is 0. The fourth-order valence-electron chi connectivity index (χ4n) is 2.86. The monoisotopic (exact) mass is 262 g/mol. The number of nitrogens with one attached hydrogen (secondary N) is 1. The van der Waals surface area contributed by atoms with Crippen molar-refractivity contribution in [1.29, 1.82) is 0 Å². The van der Waals surface area contributed by atoms with Gasteiger partial charge in [0, 0.05) is 24.2 Å². The maximum absolute atomic E-state index is 10.9. The topological polar surface area (TPSA) is 55.2 Å². The molecular weight excluding hydrogens is 240 g/mol. The summed E-state index contributed by atoms with van der Waals surface area (Å²) in [7, 11) is 0. The van der Waals surface area contributed by atoms with Gasteiger partial charge in [0.25, 0.3) is 5.69 Å². The van der Waals surface area contributed by atoms with Crippen molar-refractivity contribution in [3.05, 3.63) is 39.4 Å². The molecule has 1 aliphatic carbocycles. The van der Waals surface area contributed by atoms with Gasteiger partial charge in [-0.15, -0.1) is 0 Å². The van der Waals surface area contributed by atoms with Crippen LogP contribution in [0.15, 0.2) is 18.2 Å².